The van der Waals surface area contributed by atoms with Crippen LogP contribution in [0.2, 0.25) is 5.02 Å². The second kappa shape index (κ2) is 8.77. The van der Waals surface area contributed by atoms with Crippen LogP contribution in [-0.2, 0) is 10.0 Å². The fraction of sp³-hybridized carbons (Fsp3) is 0.136. The summed E-state index contributed by atoms with van der Waals surface area (Å²) in [6, 6.07) is 17.9. The van der Waals surface area contributed by atoms with E-state index in [1.165, 1.54) is 44.5 Å². The highest BCUT2D eigenvalue weighted by molar-refractivity contribution is 7.92. The maximum absolute atomic E-state index is 12.9. The van der Waals surface area contributed by atoms with Crippen LogP contribution in [0.25, 0.3) is 0 Å². The van der Waals surface area contributed by atoms with E-state index in [-0.39, 0.29) is 21.4 Å². The van der Waals surface area contributed by atoms with E-state index >= 15 is 0 Å². The predicted molar refractivity (Wildman–Crippen MR) is 119 cm³/mol. The highest BCUT2D eigenvalue weighted by Crippen LogP contribution is 2.28. The smallest absolute Gasteiger partial charge is 0.264 e. The second-order valence-corrected chi connectivity index (χ2v) is 9.01. The lowest BCUT2D eigenvalue weighted by Gasteiger charge is -2.20. The molecule has 3 rings (SSSR count). The van der Waals surface area contributed by atoms with Crippen molar-refractivity contribution >= 4 is 38.9 Å². The fourth-order valence-electron chi connectivity index (χ4n) is 2.76. The van der Waals surface area contributed by atoms with Crippen molar-refractivity contribution in [1.29, 1.82) is 0 Å². The molecule has 0 saturated carbocycles. The van der Waals surface area contributed by atoms with Gasteiger partial charge in [-0.25, -0.2) is 8.42 Å². The van der Waals surface area contributed by atoms with Gasteiger partial charge in [0.2, 0.25) is 0 Å². The van der Waals surface area contributed by atoms with E-state index in [0.717, 1.165) is 9.87 Å². The number of rotatable bonds is 6. The van der Waals surface area contributed by atoms with Crippen LogP contribution in [-0.4, -0.2) is 28.5 Å². The molecule has 3 aromatic carbocycles. The number of sulfonamides is 1. The first-order chi connectivity index (χ1) is 14.2. The minimum atomic E-state index is -3.80. The van der Waals surface area contributed by atoms with Crippen LogP contribution in [0.1, 0.15) is 15.9 Å². The molecule has 0 spiro atoms. The number of methoxy groups -OCH3 is 1. The van der Waals surface area contributed by atoms with Gasteiger partial charge in [-0.2, -0.15) is 0 Å². The average molecular weight is 445 g/mol. The minimum Gasteiger partial charge on any atom is -0.497 e. The number of anilines is 2. The Morgan fingerprint density at radius 2 is 1.63 bits per heavy atom. The summed E-state index contributed by atoms with van der Waals surface area (Å²) in [4.78, 5) is 12.7. The Morgan fingerprint density at radius 1 is 1.00 bits per heavy atom. The molecule has 0 aliphatic rings. The predicted octanol–water partition coefficient (Wildman–Crippen LogP) is 4.73. The standard InChI is InChI=1S/C22H21ClN2O4S/c1-15-4-6-16(7-5-15)24-22(26)20-13-8-17(14-21(20)23)25(2)30(27,28)19-11-9-18(29-3)10-12-19/h4-14H,1-3H3,(H,24,26). The first-order valence-corrected chi connectivity index (χ1v) is 10.8. The lowest BCUT2D eigenvalue weighted by atomic mass is 10.1. The number of benzene rings is 3. The van der Waals surface area contributed by atoms with Gasteiger partial charge in [-0.3, -0.25) is 9.10 Å². The number of halogens is 1. The molecule has 0 radical (unpaired) electrons. The molecule has 0 aliphatic carbocycles. The van der Waals surface area contributed by atoms with Crippen LogP contribution in [0.4, 0.5) is 11.4 Å². The minimum absolute atomic E-state index is 0.114. The van der Waals surface area contributed by atoms with Crippen LogP contribution in [0.15, 0.2) is 71.6 Å². The van der Waals surface area contributed by atoms with E-state index in [2.05, 4.69) is 5.32 Å². The Morgan fingerprint density at radius 3 is 2.20 bits per heavy atom. The van der Waals surface area contributed by atoms with E-state index in [0.29, 0.717) is 17.1 Å². The molecule has 0 fully saturated rings. The molecule has 1 amide bonds. The van der Waals surface area contributed by atoms with E-state index in [4.69, 9.17) is 16.3 Å². The Bertz CT molecular complexity index is 1160. The van der Waals surface area contributed by atoms with Gasteiger partial charge in [-0.1, -0.05) is 29.3 Å². The molecule has 30 heavy (non-hydrogen) atoms. The van der Waals surface area contributed by atoms with Crippen LogP contribution in [0.5, 0.6) is 5.75 Å². The van der Waals surface area contributed by atoms with Gasteiger partial charge in [0.1, 0.15) is 5.75 Å². The molecule has 0 bridgehead atoms. The lowest BCUT2D eigenvalue weighted by molar-refractivity contribution is 0.102. The summed E-state index contributed by atoms with van der Waals surface area (Å²) in [5, 5.41) is 2.92. The Balaban J connectivity index is 1.82. The van der Waals surface area contributed by atoms with Gasteiger partial charge in [0.15, 0.2) is 0 Å². The van der Waals surface area contributed by atoms with Crippen molar-refractivity contribution in [3.8, 4) is 5.75 Å². The molecule has 0 saturated heterocycles. The molecule has 3 aromatic rings. The van der Waals surface area contributed by atoms with E-state index in [1.807, 2.05) is 19.1 Å². The normalized spacial score (nSPS) is 11.1. The van der Waals surface area contributed by atoms with Crippen molar-refractivity contribution in [3.05, 3.63) is 82.9 Å². The topological polar surface area (TPSA) is 75.7 Å². The molecule has 8 heteroatoms. The van der Waals surface area contributed by atoms with Crippen LogP contribution >= 0.6 is 11.6 Å². The van der Waals surface area contributed by atoms with Gasteiger partial charge in [0.05, 0.1) is 28.3 Å². The number of hydrogen-bond acceptors (Lipinski definition) is 4. The van der Waals surface area contributed by atoms with Crippen molar-refractivity contribution in [2.24, 2.45) is 0 Å². The zero-order chi connectivity index (χ0) is 21.9. The van der Waals surface area contributed by atoms with E-state index < -0.39 is 10.0 Å². The number of aryl methyl sites for hydroxylation is 1. The van der Waals surface area contributed by atoms with Crippen molar-refractivity contribution in [2.75, 3.05) is 23.8 Å². The zero-order valence-corrected chi connectivity index (χ0v) is 18.3. The van der Waals surface area contributed by atoms with Gasteiger partial charge >= 0.3 is 0 Å². The summed E-state index contributed by atoms with van der Waals surface area (Å²) >= 11 is 6.30. The lowest BCUT2D eigenvalue weighted by Crippen LogP contribution is -2.26. The number of nitrogens with one attached hydrogen (secondary N) is 1. The molecular formula is C22H21ClN2O4S. The molecule has 0 aliphatic heterocycles. The van der Waals surface area contributed by atoms with Gasteiger partial charge < -0.3 is 10.1 Å². The molecule has 156 valence electrons. The maximum atomic E-state index is 12.9. The van der Waals surface area contributed by atoms with Crippen LogP contribution < -0.4 is 14.4 Å². The Labute approximate surface area is 181 Å². The molecule has 0 aromatic heterocycles. The largest absolute Gasteiger partial charge is 0.497 e. The SMILES string of the molecule is COc1ccc(S(=O)(=O)N(C)c2ccc(C(=O)Nc3ccc(C)cc3)c(Cl)c2)cc1. The number of ether oxygens (including phenoxy) is 1. The number of carbonyl (C=O) groups is 1. The fourth-order valence-corrected chi connectivity index (χ4v) is 4.21. The summed E-state index contributed by atoms with van der Waals surface area (Å²) < 4.78 is 32.0. The molecule has 6 nitrogen and oxygen atoms in total. The Kier molecular flexibility index (Phi) is 6.34. The summed E-state index contributed by atoms with van der Waals surface area (Å²) in [6.45, 7) is 1.96. The third kappa shape index (κ3) is 4.58. The van der Waals surface area contributed by atoms with Gasteiger partial charge in [0.25, 0.3) is 15.9 Å². The molecule has 0 atom stereocenters. The monoisotopic (exact) mass is 444 g/mol. The first-order valence-electron chi connectivity index (χ1n) is 9.03. The highest BCUT2D eigenvalue weighted by atomic mass is 35.5. The number of hydrogen-bond donors (Lipinski definition) is 1. The third-order valence-electron chi connectivity index (χ3n) is 4.59. The van der Waals surface area contributed by atoms with Gasteiger partial charge in [-0.15, -0.1) is 0 Å². The third-order valence-corrected chi connectivity index (χ3v) is 6.70. The highest BCUT2D eigenvalue weighted by Gasteiger charge is 2.22. The van der Waals surface area contributed by atoms with Crippen molar-refractivity contribution in [2.45, 2.75) is 11.8 Å². The summed E-state index contributed by atoms with van der Waals surface area (Å²) in [5.74, 6) is 0.180. The number of nitrogens with zero attached hydrogens (tertiary/aromatic N) is 1. The maximum Gasteiger partial charge on any atom is 0.264 e. The van der Waals surface area contributed by atoms with Crippen molar-refractivity contribution in [3.63, 3.8) is 0 Å². The van der Waals surface area contributed by atoms with Crippen LogP contribution in [0.3, 0.4) is 0 Å². The summed E-state index contributed by atoms with van der Waals surface area (Å²) in [6.07, 6.45) is 0. The summed E-state index contributed by atoms with van der Waals surface area (Å²) in [7, 11) is -0.865. The van der Waals surface area contributed by atoms with Gasteiger partial charge in [-0.05, 0) is 61.5 Å². The van der Waals surface area contributed by atoms with E-state index in [1.54, 1.807) is 24.3 Å². The second-order valence-electron chi connectivity index (χ2n) is 6.63. The first kappa shape index (κ1) is 21.7. The van der Waals surface area contributed by atoms with Crippen LogP contribution in [0, 0.1) is 6.92 Å². The molecular weight excluding hydrogens is 424 g/mol. The van der Waals surface area contributed by atoms with Gasteiger partial charge in [0, 0.05) is 12.7 Å². The van der Waals surface area contributed by atoms with Crippen molar-refractivity contribution in [1.82, 2.24) is 0 Å². The Hall–Kier alpha value is -3.03. The number of carbonyl (C=O) groups excluding carboxylic acids is 1. The molecule has 1 N–H and O–H groups in total. The van der Waals surface area contributed by atoms with Crippen molar-refractivity contribution < 1.29 is 17.9 Å². The zero-order valence-electron chi connectivity index (χ0n) is 16.7. The average Bonchev–Trinajstić information content (AvgIpc) is 2.74. The summed E-state index contributed by atoms with van der Waals surface area (Å²) in [5.41, 5.74) is 2.31. The molecule has 0 unspecified atom stereocenters. The number of amides is 1. The van der Waals surface area contributed by atoms with E-state index in [9.17, 15) is 13.2 Å². The molecule has 0 heterocycles. The quantitative estimate of drug-likeness (QED) is 0.596.